The van der Waals surface area contributed by atoms with E-state index in [4.69, 9.17) is 14.5 Å². The van der Waals surface area contributed by atoms with E-state index in [0.717, 1.165) is 62.2 Å². The maximum atomic E-state index is 12.8. The van der Waals surface area contributed by atoms with Gasteiger partial charge in [-0.05, 0) is 68.3 Å². The zero-order valence-corrected chi connectivity index (χ0v) is 23.5. The predicted octanol–water partition coefficient (Wildman–Crippen LogP) is 5.82. The van der Waals surface area contributed by atoms with Gasteiger partial charge in [0.25, 0.3) is 0 Å². The lowest BCUT2D eigenvalue weighted by Gasteiger charge is -2.26. The SMILES string of the molecule is COC(=O)c1cc2[nH]c(O)c(C(=Nc3ccc(C(=O)CCCCN4CCOCC4)cc3)c3ccccc3)c2cc1C. The molecule has 0 saturated carbocycles. The Morgan fingerprint density at radius 2 is 1.73 bits per heavy atom. The summed E-state index contributed by atoms with van der Waals surface area (Å²) in [7, 11) is 1.34. The fourth-order valence-corrected chi connectivity index (χ4v) is 5.21. The number of aromatic amines is 1. The molecule has 8 heteroatoms. The van der Waals surface area contributed by atoms with Crippen molar-refractivity contribution >= 4 is 34.1 Å². The lowest BCUT2D eigenvalue weighted by Crippen LogP contribution is -2.36. The van der Waals surface area contributed by atoms with Crippen LogP contribution in [0.5, 0.6) is 5.88 Å². The second-order valence-corrected chi connectivity index (χ2v) is 10.3. The molecule has 1 aliphatic rings. The summed E-state index contributed by atoms with van der Waals surface area (Å²) in [6.45, 7) is 6.33. The number of hydrogen-bond acceptors (Lipinski definition) is 7. The lowest BCUT2D eigenvalue weighted by molar-refractivity contribution is 0.0371. The van der Waals surface area contributed by atoms with Gasteiger partial charge in [0.2, 0.25) is 0 Å². The van der Waals surface area contributed by atoms with Gasteiger partial charge in [0.15, 0.2) is 11.7 Å². The zero-order chi connectivity index (χ0) is 28.8. The molecule has 0 bridgehead atoms. The van der Waals surface area contributed by atoms with Crippen molar-refractivity contribution < 1.29 is 24.2 Å². The molecule has 0 unspecified atom stereocenters. The highest BCUT2D eigenvalue weighted by Crippen LogP contribution is 2.33. The minimum absolute atomic E-state index is 0.0482. The summed E-state index contributed by atoms with van der Waals surface area (Å²) in [5.41, 5.74) is 4.99. The number of fused-ring (bicyclic) bond motifs is 1. The van der Waals surface area contributed by atoms with E-state index in [1.807, 2.05) is 67.6 Å². The molecular weight excluding hydrogens is 518 g/mol. The van der Waals surface area contributed by atoms with Gasteiger partial charge in [0.1, 0.15) is 0 Å². The van der Waals surface area contributed by atoms with E-state index in [9.17, 15) is 14.7 Å². The Kier molecular flexibility index (Phi) is 8.91. The molecular formula is C33H35N3O5. The second-order valence-electron chi connectivity index (χ2n) is 10.3. The number of esters is 1. The molecule has 3 aromatic carbocycles. The highest BCUT2D eigenvalue weighted by Gasteiger charge is 2.21. The molecule has 5 rings (SSSR count). The Balaban J connectivity index is 1.39. The van der Waals surface area contributed by atoms with Crippen LogP contribution in [-0.4, -0.2) is 72.4 Å². The summed E-state index contributed by atoms with van der Waals surface area (Å²) < 4.78 is 10.3. The van der Waals surface area contributed by atoms with E-state index < -0.39 is 5.97 Å². The van der Waals surface area contributed by atoms with Gasteiger partial charge in [-0.1, -0.05) is 30.3 Å². The minimum atomic E-state index is -0.441. The van der Waals surface area contributed by atoms with Crippen molar-refractivity contribution in [1.82, 2.24) is 9.88 Å². The Bertz CT molecular complexity index is 1550. The largest absolute Gasteiger partial charge is 0.494 e. The van der Waals surface area contributed by atoms with E-state index in [1.54, 1.807) is 6.07 Å². The third kappa shape index (κ3) is 6.56. The van der Waals surface area contributed by atoms with E-state index in [2.05, 4.69) is 9.88 Å². The number of ether oxygens (including phenoxy) is 2. The number of unbranched alkanes of at least 4 members (excludes halogenated alkanes) is 1. The highest BCUT2D eigenvalue weighted by molar-refractivity contribution is 6.22. The molecule has 1 aliphatic heterocycles. The number of aromatic nitrogens is 1. The average Bonchev–Trinajstić information content (AvgIpc) is 3.32. The summed E-state index contributed by atoms with van der Waals surface area (Å²) >= 11 is 0. The Morgan fingerprint density at radius 3 is 2.44 bits per heavy atom. The van der Waals surface area contributed by atoms with Crippen LogP contribution in [0.2, 0.25) is 0 Å². The fraction of sp³-hybridized carbons (Fsp3) is 0.303. The normalized spacial score (nSPS) is 14.3. The van der Waals surface area contributed by atoms with E-state index in [-0.39, 0.29) is 11.7 Å². The summed E-state index contributed by atoms with van der Waals surface area (Å²) in [6, 6.07) is 20.4. The van der Waals surface area contributed by atoms with Gasteiger partial charge < -0.3 is 19.6 Å². The van der Waals surface area contributed by atoms with Crippen molar-refractivity contribution in [3.8, 4) is 5.88 Å². The number of aromatic hydroxyl groups is 1. The molecule has 4 aromatic rings. The van der Waals surface area contributed by atoms with Crippen molar-refractivity contribution in [3.63, 3.8) is 0 Å². The van der Waals surface area contributed by atoms with E-state index in [0.29, 0.717) is 40.0 Å². The van der Waals surface area contributed by atoms with Gasteiger partial charge in [0.05, 0.1) is 42.8 Å². The maximum Gasteiger partial charge on any atom is 0.338 e. The summed E-state index contributed by atoms with van der Waals surface area (Å²) in [4.78, 5) is 35.4. The number of Topliss-reactive ketones (excluding diaryl/α,β-unsaturated/α-hetero) is 1. The number of methoxy groups -OCH3 is 1. The number of rotatable bonds is 10. The maximum absolute atomic E-state index is 12.8. The van der Waals surface area contributed by atoms with Crippen LogP contribution in [0.4, 0.5) is 5.69 Å². The number of H-pyrrole nitrogens is 1. The quantitative estimate of drug-likeness (QED) is 0.111. The number of nitrogens with zero attached hydrogens (tertiary/aromatic N) is 2. The first-order chi connectivity index (χ1) is 19.9. The van der Waals surface area contributed by atoms with Crippen LogP contribution in [0.15, 0.2) is 71.7 Å². The van der Waals surface area contributed by atoms with Crippen molar-refractivity contribution in [3.05, 3.63) is 94.5 Å². The van der Waals surface area contributed by atoms with Gasteiger partial charge in [-0.15, -0.1) is 0 Å². The van der Waals surface area contributed by atoms with Crippen molar-refractivity contribution in [2.24, 2.45) is 4.99 Å². The average molecular weight is 554 g/mol. The monoisotopic (exact) mass is 553 g/mol. The summed E-state index contributed by atoms with van der Waals surface area (Å²) in [5.74, 6) is -0.367. The van der Waals surface area contributed by atoms with Crippen LogP contribution in [0, 0.1) is 6.92 Å². The van der Waals surface area contributed by atoms with Crippen LogP contribution in [0.1, 0.15) is 56.7 Å². The molecule has 1 fully saturated rings. The van der Waals surface area contributed by atoms with Crippen molar-refractivity contribution in [2.75, 3.05) is 40.0 Å². The van der Waals surface area contributed by atoms with Crippen LogP contribution in [0.25, 0.3) is 10.9 Å². The van der Waals surface area contributed by atoms with Crippen LogP contribution in [0.3, 0.4) is 0 Å². The molecule has 1 aromatic heterocycles. The Labute approximate surface area is 239 Å². The molecule has 41 heavy (non-hydrogen) atoms. The van der Waals surface area contributed by atoms with Crippen LogP contribution >= 0.6 is 0 Å². The third-order valence-corrected chi connectivity index (χ3v) is 7.48. The molecule has 8 nitrogen and oxygen atoms in total. The molecule has 0 atom stereocenters. The lowest BCUT2D eigenvalue weighted by atomic mass is 9.98. The molecule has 0 amide bonds. The molecule has 0 radical (unpaired) electrons. The number of carbonyl (C=O) groups is 2. The summed E-state index contributed by atoms with van der Waals surface area (Å²) in [6.07, 6.45) is 2.35. The first kappa shape index (κ1) is 28.3. The van der Waals surface area contributed by atoms with Crippen LogP contribution in [-0.2, 0) is 9.47 Å². The minimum Gasteiger partial charge on any atom is -0.494 e. The molecule has 1 saturated heterocycles. The highest BCUT2D eigenvalue weighted by atomic mass is 16.5. The van der Waals surface area contributed by atoms with Crippen molar-refractivity contribution in [2.45, 2.75) is 26.2 Å². The number of morpholine rings is 1. The topological polar surface area (TPSA) is 104 Å². The molecule has 2 heterocycles. The number of benzene rings is 3. The standard InChI is InChI=1S/C33H35N3O5/c1-22-20-27-28(21-26(22)33(39)40-2)35-32(38)30(27)31(24-8-4-3-5-9-24)34-25-13-11-23(12-14-25)29(37)10-6-7-15-36-16-18-41-19-17-36/h3-5,8-9,11-14,20-21,35,38H,6-7,10,15-19H2,1-2H3. The predicted molar refractivity (Wildman–Crippen MR) is 160 cm³/mol. The first-order valence-corrected chi connectivity index (χ1v) is 14.0. The number of ketones is 1. The molecule has 212 valence electrons. The number of hydrogen-bond donors (Lipinski definition) is 2. The second kappa shape index (κ2) is 12.9. The molecule has 0 spiro atoms. The summed E-state index contributed by atoms with van der Waals surface area (Å²) in [5, 5.41) is 11.8. The fourth-order valence-electron chi connectivity index (χ4n) is 5.21. The number of carbonyl (C=O) groups excluding carboxylic acids is 2. The number of aliphatic imine (C=N–C) groups is 1. The zero-order valence-electron chi connectivity index (χ0n) is 23.5. The number of aryl methyl sites for hydroxylation is 1. The van der Waals surface area contributed by atoms with E-state index in [1.165, 1.54) is 7.11 Å². The van der Waals surface area contributed by atoms with Gasteiger partial charge in [-0.25, -0.2) is 9.79 Å². The molecule has 2 N–H and O–H groups in total. The Hall–Kier alpha value is -4.27. The van der Waals surface area contributed by atoms with Crippen molar-refractivity contribution in [1.29, 1.82) is 0 Å². The van der Waals surface area contributed by atoms with Gasteiger partial charge in [-0.2, -0.15) is 0 Å². The third-order valence-electron chi connectivity index (χ3n) is 7.48. The van der Waals surface area contributed by atoms with Gasteiger partial charge in [0, 0.05) is 41.5 Å². The smallest absolute Gasteiger partial charge is 0.338 e. The Morgan fingerprint density at radius 1 is 1.00 bits per heavy atom. The molecule has 0 aliphatic carbocycles. The first-order valence-electron chi connectivity index (χ1n) is 14.0. The van der Waals surface area contributed by atoms with Crippen LogP contribution < -0.4 is 0 Å². The van der Waals surface area contributed by atoms with Gasteiger partial charge >= 0.3 is 5.97 Å². The van der Waals surface area contributed by atoms with Gasteiger partial charge in [-0.3, -0.25) is 9.69 Å². The van der Waals surface area contributed by atoms with E-state index >= 15 is 0 Å². The number of nitrogens with one attached hydrogen (secondary N) is 1.